The summed E-state index contributed by atoms with van der Waals surface area (Å²) in [7, 11) is 1.69. The lowest BCUT2D eigenvalue weighted by Crippen LogP contribution is -2.14. The summed E-state index contributed by atoms with van der Waals surface area (Å²) in [5.41, 5.74) is 5.64. The molecule has 0 bridgehead atoms. The molecule has 0 aliphatic rings. The monoisotopic (exact) mass is 460 g/mol. The Morgan fingerprint density at radius 2 is 1.71 bits per heavy atom. The van der Waals surface area contributed by atoms with Crippen LogP contribution in [0.2, 0.25) is 0 Å². The van der Waals surface area contributed by atoms with Crippen LogP contribution in [-0.2, 0) is 16.8 Å². The van der Waals surface area contributed by atoms with Crippen LogP contribution < -0.4 is 9.47 Å². The number of hydrogen-bond acceptors (Lipinski definition) is 3. The Morgan fingerprint density at radius 3 is 2.38 bits per heavy atom. The Bertz CT molecular complexity index is 1110. The first-order valence-corrected chi connectivity index (χ1v) is 11.9. The van der Waals surface area contributed by atoms with E-state index in [1.807, 2.05) is 36.4 Å². The third-order valence-electron chi connectivity index (χ3n) is 6.07. The Kier molecular flexibility index (Phi) is 8.38. The fourth-order valence-corrected chi connectivity index (χ4v) is 4.31. The number of rotatable bonds is 10. The Labute approximate surface area is 203 Å². The van der Waals surface area contributed by atoms with E-state index in [1.165, 1.54) is 11.1 Å². The predicted octanol–water partition coefficient (Wildman–Crippen LogP) is 7.60. The zero-order chi connectivity index (χ0) is 24.7. The number of hydrogen-bond donors (Lipinski definition) is 1. The molecule has 0 radical (unpaired) electrons. The van der Waals surface area contributed by atoms with Crippen LogP contribution >= 0.6 is 0 Å². The largest absolute Gasteiger partial charge is 0.497 e. The summed E-state index contributed by atoms with van der Waals surface area (Å²) in [5, 5.41) is 9.28. The van der Waals surface area contributed by atoms with Crippen molar-refractivity contribution in [3.8, 4) is 22.6 Å². The number of methoxy groups -OCH3 is 1. The van der Waals surface area contributed by atoms with Crippen LogP contribution in [0.1, 0.15) is 69.6 Å². The number of aliphatic carboxylic acids is 1. The first-order valence-electron chi connectivity index (χ1n) is 11.9. The highest BCUT2D eigenvalue weighted by atomic mass is 16.5. The third-order valence-corrected chi connectivity index (χ3v) is 6.07. The van der Waals surface area contributed by atoms with E-state index >= 15 is 0 Å². The van der Waals surface area contributed by atoms with Gasteiger partial charge in [-0.1, -0.05) is 76.6 Å². The molecule has 0 aliphatic carbocycles. The smallest absolute Gasteiger partial charge is 0.303 e. The predicted molar refractivity (Wildman–Crippen MR) is 138 cm³/mol. The van der Waals surface area contributed by atoms with E-state index in [-0.39, 0.29) is 17.8 Å². The first kappa shape index (κ1) is 25.4. The summed E-state index contributed by atoms with van der Waals surface area (Å²) < 4.78 is 11.6. The van der Waals surface area contributed by atoms with Gasteiger partial charge in [-0.05, 0) is 69.8 Å². The molecule has 1 atom stereocenters. The van der Waals surface area contributed by atoms with Gasteiger partial charge in [0.15, 0.2) is 0 Å². The molecular weight excluding hydrogens is 424 g/mol. The van der Waals surface area contributed by atoms with Crippen molar-refractivity contribution in [1.29, 1.82) is 0 Å². The summed E-state index contributed by atoms with van der Waals surface area (Å²) in [4.78, 5) is 11.3. The molecule has 0 aromatic heterocycles. The van der Waals surface area contributed by atoms with Crippen LogP contribution in [0.15, 0.2) is 66.7 Å². The molecule has 0 aliphatic heterocycles. The Hall–Kier alpha value is -3.27. The maximum absolute atomic E-state index is 11.3. The molecule has 4 heteroatoms. The molecule has 0 heterocycles. The molecule has 0 spiro atoms. The van der Waals surface area contributed by atoms with Crippen LogP contribution in [0.5, 0.6) is 11.5 Å². The topological polar surface area (TPSA) is 55.8 Å². The lowest BCUT2D eigenvalue weighted by Gasteiger charge is -2.24. The van der Waals surface area contributed by atoms with Crippen molar-refractivity contribution < 1.29 is 19.4 Å². The second-order valence-corrected chi connectivity index (χ2v) is 9.81. The van der Waals surface area contributed by atoms with Crippen molar-refractivity contribution in [3.05, 3.63) is 83.4 Å². The van der Waals surface area contributed by atoms with E-state index in [0.29, 0.717) is 6.61 Å². The number of carboxylic acids is 1. The zero-order valence-electron chi connectivity index (χ0n) is 20.9. The number of ether oxygens (including phenoxy) is 2. The maximum atomic E-state index is 11.3. The van der Waals surface area contributed by atoms with Gasteiger partial charge in [-0.15, -0.1) is 0 Å². The SMILES string of the molecule is CCC[C@H](CC(=O)O)c1cccc(OCc2ccc(-c3cccc(OC)c3)c(C(C)(C)C)c2)c1. The van der Waals surface area contributed by atoms with E-state index in [9.17, 15) is 9.90 Å². The fraction of sp³-hybridized carbons (Fsp3) is 0.367. The van der Waals surface area contributed by atoms with E-state index in [1.54, 1.807) is 7.11 Å². The molecule has 0 fully saturated rings. The molecule has 4 nitrogen and oxygen atoms in total. The average Bonchev–Trinajstić information content (AvgIpc) is 2.82. The summed E-state index contributed by atoms with van der Waals surface area (Å²) in [6.07, 6.45) is 1.92. The van der Waals surface area contributed by atoms with Crippen molar-refractivity contribution in [3.63, 3.8) is 0 Å². The highest BCUT2D eigenvalue weighted by Gasteiger charge is 2.20. The molecule has 3 aromatic rings. The highest BCUT2D eigenvalue weighted by molar-refractivity contribution is 5.70. The quantitative estimate of drug-likeness (QED) is 0.338. The molecule has 0 saturated heterocycles. The van der Waals surface area contributed by atoms with Crippen LogP contribution in [0.25, 0.3) is 11.1 Å². The van der Waals surface area contributed by atoms with Crippen molar-refractivity contribution in [2.75, 3.05) is 7.11 Å². The molecule has 1 N–H and O–H groups in total. The van der Waals surface area contributed by atoms with Gasteiger partial charge in [-0.2, -0.15) is 0 Å². The summed E-state index contributed by atoms with van der Waals surface area (Å²) in [6.45, 7) is 9.18. The zero-order valence-corrected chi connectivity index (χ0v) is 20.9. The lowest BCUT2D eigenvalue weighted by atomic mass is 9.81. The molecular formula is C30H36O4. The normalized spacial score (nSPS) is 12.3. The Morgan fingerprint density at radius 1 is 0.971 bits per heavy atom. The fourth-order valence-electron chi connectivity index (χ4n) is 4.31. The van der Waals surface area contributed by atoms with E-state index in [2.05, 4.69) is 58.0 Å². The molecule has 0 saturated carbocycles. The number of carbonyl (C=O) groups is 1. The highest BCUT2D eigenvalue weighted by Crippen LogP contribution is 2.35. The van der Waals surface area contributed by atoms with Gasteiger partial charge in [0.1, 0.15) is 18.1 Å². The van der Waals surface area contributed by atoms with Crippen LogP contribution in [0, 0.1) is 0 Å². The van der Waals surface area contributed by atoms with Crippen molar-refractivity contribution in [2.24, 2.45) is 0 Å². The Balaban J connectivity index is 1.83. The van der Waals surface area contributed by atoms with Crippen molar-refractivity contribution in [2.45, 2.75) is 64.9 Å². The number of benzene rings is 3. The summed E-state index contributed by atoms with van der Waals surface area (Å²) in [5.74, 6) is 0.836. The standard InChI is InChI=1S/C30H36O4/c1-6-9-22(19-29(31)32)23-10-7-13-26(17-23)34-20-21-14-15-27(28(16-21)30(2,3)4)24-11-8-12-25(18-24)33-5/h7-8,10-18,22H,6,9,19-20H2,1-5H3,(H,31,32)/t22-/m1/s1. The van der Waals surface area contributed by atoms with Gasteiger partial charge in [-0.3, -0.25) is 4.79 Å². The van der Waals surface area contributed by atoms with Crippen LogP contribution in [-0.4, -0.2) is 18.2 Å². The summed E-state index contributed by atoms with van der Waals surface area (Å²) >= 11 is 0. The van der Waals surface area contributed by atoms with E-state index in [0.717, 1.165) is 41.0 Å². The van der Waals surface area contributed by atoms with Crippen molar-refractivity contribution in [1.82, 2.24) is 0 Å². The average molecular weight is 461 g/mol. The molecule has 34 heavy (non-hydrogen) atoms. The molecule has 3 aromatic carbocycles. The molecule has 3 rings (SSSR count). The number of carboxylic acid groups (broad SMARTS) is 1. The lowest BCUT2D eigenvalue weighted by molar-refractivity contribution is -0.137. The molecule has 0 amide bonds. The van der Waals surface area contributed by atoms with Gasteiger partial charge in [0.25, 0.3) is 0 Å². The second kappa shape index (κ2) is 11.2. The maximum Gasteiger partial charge on any atom is 0.303 e. The third kappa shape index (κ3) is 6.63. The minimum Gasteiger partial charge on any atom is -0.497 e. The van der Waals surface area contributed by atoms with Gasteiger partial charge >= 0.3 is 5.97 Å². The minimum absolute atomic E-state index is 0.000639. The molecule has 180 valence electrons. The van der Waals surface area contributed by atoms with E-state index < -0.39 is 5.97 Å². The van der Waals surface area contributed by atoms with Gasteiger partial charge in [0, 0.05) is 0 Å². The van der Waals surface area contributed by atoms with Crippen molar-refractivity contribution >= 4 is 5.97 Å². The second-order valence-electron chi connectivity index (χ2n) is 9.81. The minimum atomic E-state index is -0.768. The molecule has 0 unspecified atom stereocenters. The van der Waals surface area contributed by atoms with Gasteiger partial charge in [0.05, 0.1) is 13.5 Å². The van der Waals surface area contributed by atoms with Gasteiger partial charge < -0.3 is 14.6 Å². The first-order chi connectivity index (χ1) is 16.2. The summed E-state index contributed by atoms with van der Waals surface area (Å²) in [6, 6.07) is 22.5. The van der Waals surface area contributed by atoms with E-state index in [4.69, 9.17) is 9.47 Å². The van der Waals surface area contributed by atoms with Gasteiger partial charge in [-0.25, -0.2) is 0 Å². The van der Waals surface area contributed by atoms with Crippen LogP contribution in [0.4, 0.5) is 0 Å². The van der Waals surface area contributed by atoms with Crippen LogP contribution in [0.3, 0.4) is 0 Å². The van der Waals surface area contributed by atoms with Gasteiger partial charge in [0.2, 0.25) is 0 Å².